The first-order valence-corrected chi connectivity index (χ1v) is 5.16. The van der Waals surface area contributed by atoms with Crippen LogP contribution in [0, 0.1) is 5.92 Å². The second kappa shape index (κ2) is 5.22. The molecule has 1 aliphatic rings. The van der Waals surface area contributed by atoms with E-state index in [1.54, 1.807) is 6.92 Å². The first kappa shape index (κ1) is 10.5. The number of hydrogen-bond acceptors (Lipinski definition) is 2. The molecule has 0 amide bonds. The van der Waals surface area contributed by atoms with Gasteiger partial charge in [-0.1, -0.05) is 19.3 Å². The van der Waals surface area contributed by atoms with Crippen LogP contribution >= 0.6 is 0 Å². The van der Waals surface area contributed by atoms with E-state index in [9.17, 15) is 4.79 Å². The second-order valence-corrected chi connectivity index (χ2v) is 3.97. The smallest absolute Gasteiger partial charge is 0.320 e. The highest BCUT2D eigenvalue weighted by molar-refractivity contribution is 5.72. The van der Waals surface area contributed by atoms with E-state index in [0.29, 0.717) is 5.92 Å². The van der Waals surface area contributed by atoms with Crippen LogP contribution in [0.4, 0.5) is 0 Å². The minimum Gasteiger partial charge on any atom is -0.480 e. The third-order valence-corrected chi connectivity index (χ3v) is 2.81. The van der Waals surface area contributed by atoms with Gasteiger partial charge in [0.25, 0.3) is 0 Å². The van der Waals surface area contributed by atoms with Crippen molar-refractivity contribution in [1.82, 2.24) is 5.32 Å². The number of carboxylic acid groups (broad SMARTS) is 1. The fraction of sp³-hybridized carbons (Fsp3) is 0.900. The molecule has 1 aliphatic carbocycles. The molecule has 76 valence electrons. The molecule has 1 rings (SSSR count). The lowest BCUT2D eigenvalue weighted by atomic mass is 9.89. The number of nitrogens with one attached hydrogen (secondary N) is 1. The Morgan fingerprint density at radius 1 is 1.46 bits per heavy atom. The van der Waals surface area contributed by atoms with Gasteiger partial charge < -0.3 is 10.4 Å². The van der Waals surface area contributed by atoms with Gasteiger partial charge in [0, 0.05) is 0 Å². The summed E-state index contributed by atoms with van der Waals surface area (Å²) >= 11 is 0. The van der Waals surface area contributed by atoms with Crippen molar-refractivity contribution in [2.24, 2.45) is 5.92 Å². The molecule has 2 N–H and O–H groups in total. The quantitative estimate of drug-likeness (QED) is 0.700. The summed E-state index contributed by atoms with van der Waals surface area (Å²) in [5, 5.41) is 11.7. The number of aliphatic carboxylic acids is 1. The Morgan fingerprint density at radius 2 is 2.08 bits per heavy atom. The van der Waals surface area contributed by atoms with Crippen molar-refractivity contribution in [3.8, 4) is 0 Å². The van der Waals surface area contributed by atoms with E-state index in [1.807, 2.05) is 0 Å². The van der Waals surface area contributed by atoms with E-state index in [1.165, 1.54) is 32.1 Å². The second-order valence-electron chi connectivity index (χ2n) is 3.97. The maximum Gasteiger partial charge on any atom is 0.320 e. The molecule has 0 aromatic heterocycles. The van der Waals surface area contributed by atoms with Crippen molar-refractivity contribution in [3.05, 3.63) is 0 Å². The first-order valence-electron chi connectivity index (χ1n) is 5.16. The predicted molar refractivity (Wildman–Crippen MR) is 51.7 cm³/mol. The van der Waals surface area contributed by atoms with Crippen LogP contribution in [-0.2, 0) is 4.79 Å². The molecule has 0 spiro atoms. The van der Waals surface area contributed by atoms with Crippen molar-refractivity contribution in [3.63, 3.8) is 0 Å². The van der Waals surface area contributed by atoms with Crippen LogP contribution in [0.15, 0.2) is 0 Å². The van der Waals surface area contributed by atoms with Crippen molar-refractivity contribution in [1.29, 1.82) is 0 Å². The van der Waals surface area contributed by atoms with E-state index in [4.69, 9.17) is 5.11 Å². The van der Waals surface area contributed by atoms with Crippen LogP contribution < -0.4 is 5.32 Å². The summed E-state index contributed by atoms with van der Waals surface area (Å²) in [4.78, 5) is 10.5. The van der Waals surface area contributed by atoms with Crippen molar-refractivity contribution in [2.45, 2.75) is 45.1 Å². The summed E-state index contributed by atoms with van der Waals surface area (Å²) in [7, 11) is 0. The summed E-state index contributed by atoms with van der Waals surface area (Å²) in [5.74, 6) is -0.0497. The minimum atomic E-state index is -0.754. The Kier molecular flexibility index (Phi) is 4.22. The normalized spacial score (nSPS) is 21.3. The van der Waals surface area contributed by atoms with Gasteiger partial charge in [-0.3, -0.25) is 4.79 Å². The van der Waals surface area contributed by atoms with Crippen LogP contribution in [0.5, 0.6) is 0 Å². The van der Waals surface area contributed by atoms with Gasteiger partial charge in [0.1, 0.15) is 6.04 Å². The maximum absolute atomic E-state index is 10.5. The molecular weight excluding hydrogens is 166 g/mol. The van der Waals surface area contributed by atoms with Gasteiger partial charge in [-0.05, 0) is 32.2 Å². The van der Waals surface area contributed by atoms with E-state index < -0.39 is 12.0 Å². The molecule has 0 aliphatic heterocycles. The average molecular weight is 185 g/mol. The number of rotatable bonds is 4. The average Bonchev–Trinajstić information content (AvgIpc) is 2.15. The van der Waals surface area contributed by atoms with Gasteiger partial charge in [0.15, 0.2) is 0 Å². The Morgan fingerprint density at radius 3 is 2.62 bits per heavy atom. The Bertz CT molecular complexity index is 164. The van der Waals surface area contributed by atoms with Crippen molar-refractivity contribution >= 4 is 5.97 Å². The van der Waals surface area contributed by atoms with Gasteiger partial charge in [-0.15, -0.1) is 0 Å². The zero-order valence-corrected chi connectivity index (χ0v) is 8.25. The largest absolute Gasteiger partial charge is 0.480 e. The summed E-state index contributed by atoms with van der Waals surface area (Å²) in [6, 6.07) is -0.401. The molecule has 13 heavy (non-hydrogen) atoms. The highest BCUT2D eigenvalue weighted by atomic mass is 16.4. The molecule has 0 heterocycles. The molecule has 1 saturated carbocycles. The minimum absolute atomic E-state index is 0.401. The summed E-state index contributed by atoms with van der Waals surface area (Å²) in [6.45, 7) is 2.57. The lowest BCUT2D eigenvalue weighted by Crippen LogP contribution is -2.37. The van der Waals surface area contributed by atoms with E-state index in [-0.39, 0.29) is 0 Å². The van der Waals surface area contributed by atoms with Gasteiger partial charge in [-0.2, -0.15) is 0 Å². The lowest BCUT2D eigenvalue weighted by Gasteiger charge is -2.22. The third-order valence-electron chi connectivity index (χ3n) is 2.81. The van der Waals surface area contributed by atoms with Crippen molar-refractivity contribution in [2.75, 3.05) is 6.54 Å². The van der Waals surface area contributed by atoms with Gasteiger partial charge >= 0.3 is 5.97 Å². The molecular formula is C10H19NO2. The zero-order chi connectivity index (χ0) is 9.68. The molecule has 0 radical (unpaired) electrons. The fourth-order valence-corrected chi connectivity index (χ4v) is 1.82. The highest BCUT2D eigenvalue weighted by Crippen LogP contribution is 2.22. The van der Waals surface area contributed by atoms with Crippen LogP contribution in [0.1, 0.15) is 39.0 Å². The topological polar surface area (TPSA) is 49.3 Å². The Labute approximate surface area is 79.5 Å². The van der Waals surface area contributed by atoms with E-state index >= 15 is 0 Å². The van der Waals surface area contributed by atoms with Crippen molar-refractivity contribution < 1.29 is 9.90 Å². The number of carboxylic acids is 1. The van der Waals surface area contributed by atoms with Crippen LogP contribution in [0.25, 0.3) is 0 Å². The first-order chi connectivity index (χ1) is 6.20. The standard InChI is InChI=1S/C10H19NO2/c1-8(10(12)13)11-7-9-5-3-2-4-6-9/h8-9,11H,2-7H2,1H3,(H,12,13)/t8-/m0/s1. The summed E-state index contributed by atoms with van der Waals surface area (Å²) in [6.07, 6.45) is 6.51. The molecule has 3 nitrogen and oxygen atoms in total. The fourth-order valence-electron chi connectivity index (χ4n) is 1.82. The van der Waals surface area contributed by atoms with Crippen LogP contribution in [-0.4, -0.2) is 23.7 Å². The Balaban J connectivity index is 2.13. The molecule has 1 atom stereocenters. The number of hydrogen-bond donors (Lipinski definition) is 2. The molecule has 1 fully saturated rings. The SMILES string of the molecule is C[C@H](NCC1CCCCC1)C(=O)O. The van der Waals surface area contributed by atoms with Crippen LogP contribution in [0.2, 0.25) is 0 Å². The third kappa shape index (κ3) is 3.77. The van der Waals surface area contributed by atoms with E-state index in [2.05, 4.69) is 5.32 Å². The molecule has 0 unspecified atom stereocenters. The monoisotopic (exact) mass is 185 g/mol. The molecule has 0 aromatic carbocycles. The summed E-state index contributed by atoms with van der Waals surface area (Å²) < 4.78 is 0. The maximum atomic E-state index is 10.5. The molecule has 0 bridgehead atoms. The predicted octanol–water partition coefficient (Wildman–Crippen LogP) is 1.63. The Hall–Kier alpha value is -0.570. The van der Waals surface area contributed by atoms with Crippen LogP contribution in [0.3, 0.4) is 0 Å². The summed E-state index contributed by atoms with van der Waals surface area (Å²) in [5.41, 5.74) is 0. The van der Waals surface area contributed by atoms with Gasteiger partial charge in [-0.25, -0.2) is 0 Å². The molecule has 0 aromatic rings. The molecule has 0 saturated heterocycles. The van der Waals surface area contributed by atoms with Gasteiger partial charge in [0.05, 0.1) is 0 Å². The zero-order valence-electron chi connectivity index (χ0n) is 8.25. The van der Waals surface area contributed by atoms with E-state index in [0.717, 1.165) is 6.54 Å². The number of carbonyl (C=O) groups is 1. The van der Waals surface area contributed by atoms with Gasteiger partial charge in [0.2, 0.25) is 0 Å². The molecule has 3 heteroatoms. The lowest BCUT2D eigenvalue weighted by molar-refractivity contribution is -0.139. The highest BCUT2D eigenvalue weighted by Gasteiger charge is 2.16.